The number of aromatic nitrogens is 7. The molecule has 0 N–H and O–H groups in total. The molecule has 7 nitrogen and oxygen atoms in total. The Kier molecular flexibility index (Phi) is 28.8. The predicted octanol–water partition coefficient (Wildman–Crippen LogP) is 21.7. The van der Waals surface area contributed by atoms with Gasteiger partial charge in [0.05, 0.1) is 22.3 Å². The molecule has 7 heterocycles. The molecule has 0 saturated heterocycles. The summed E-state index contributed by atoms with van der Waals surface area (Å²) in [6.07, 6.45) is 14.6. The van der Waals surface area contributed by atoms with Crippen molar-refractivity contribution in [1.82, 2.24) is 0 Å². The molecule has 112 heavy (non-hydrogen) atoms. The average Bonchev–Trinajstić information content (AvgIpc) is 0.758. The molecule has 0 unspecified atom stereocenters. The maximum absolute atomic E-state index is 7.51. The van der Waals surface area contributed by atoms with Crippen LogP contribution in [0.5, 0.6) is 0 Å². The Bertz CT molecular complexity index is 5460. The summed E-state index contributed by atoms with van der Waals surface area (Å²) in [5.41, 5.74) is 44.6. The summed E-state index contributed by atoms with van der Waals surface area (Å²) in [4.78, 5) is 0. The Morgan fingerprint density at radius 2 is 0.464 bits per heavy atom. The lowest BCUT2D eigenvalue weighted by atomic mass is 9.95. The van der Waals surface area contributed by atoms with Crippen LogP contribution >= 0.6 is 0 Å². The first-order valence-electron chi connectivity index (χ1n) is 40.6. The molecule has 7 heteroatoms. The van der Waals surface area contributed by atoms with Crippen molar-refractivity contribution in [2.75, 3.05) is 0 Å². The summed E-state index contributed by atoms with van der Waals surface area (Å²) in [5, 5.41) is 0. The van der Waals surface area contributed by atoms with Gasteiger partial charge in [-0.05, 0) is 289 Å². The highest BCUT2D eigenvalue weighted by molar-refractivity contribution is 5.71. The van der Waals surface area contributed by atoms with E-state index in [0.29, 0.717) is 5.56 Å². The lowest BCUT2D eigenvalue weighted by Crippen LogP contribution is -2.31. The highest BCUT2D eigenvalue weighted by Crippen LogP contribution is 2.32. The Hall–Kier alpha value is -11.4. The van der Waals surface area contributed by atoms with E-state index >= 15 is 0 Å². The third-order valence-corrected chi connectivity index (χ3v) is 21.8. The lowest BCUT2D eigenvalue weighted by Gasteiger charge is -2.10. The summed E-state index contributed by atoms with van der Waals surface area (Å²) in [5.74, 6) is 0. The third-order valence-electron chi connectivity index (χ3n) is 21.8. The van der Waals surface area contributed by atoms with E-state index in [1.807, 2.05) is 49.9 Å². The van der Waals surface area contributed by atoms with E-state index in [9.17, 15) is 0 Å². The minimum atomic E-state index is -2.05. The van der Waals surface area contributed by atoms with Crippen LogP contribution in [0.15, 0.2) is 256 Å². The van der Waals surface area contributed by atoms with Gasteiger partial charge in [0.15, 0.2) is 43.4 Å². The van der Waals surface area contributed by atoms with Crippen LogP contribution in [0.4, 0.5) is 0 Å². The maximum Gasteiger partial charge on any atom is 0.215 e. The molecule has 0 aliphatic rings. The van der Waals surface area contributed by atoms with E-state index in [1.165, 1.54) is 168 Å². The third kappa shape index (κ3) is 21.4. The van der Waals surface area contributed by atoms with Gasteiger partial charge in [0, 0.05) is 104 Å². The SMILES string of the molecule is Cc1cc(C)c(-c2cccc[n+]2C)c(C)c1.Cc1ccc(-c2c(C)ccc[n+]2C)c(C)c1.Cc1ccc(C)c(-c2cccc[n+]2C)c1C.Cc1ccc(C)c(-c2cccc[n+]2C)c1C.Cc1cccc(-c2c(C)ccc[n+]2C)c1C.Cc1cccc(-c2c(C)ccc[n+]2C)c1C.[2H]C([2H])([2H])c1cc(C)c(-c2cccc[n+]2C)c(C)c1. The van der Waals surface area contributed by atoms with Gasteiger partial charge in [-0.3, -0.25) is 0 Å². The van der Waals surface area contributed by atoms with Gasteiger partial charge in [-0.1, -0.05) is 102 Å². The van der Waals surface area contributed by atoms with E-state index in [-0.39, 0.29) is 0 Å². The molecule has 14 rings (SSSR count). The van der Waals surface area contributed by atoms with Crippen molar-refractivity contribution in [3.63, 3.8) is 0 Å². The zero-order valence-electron chi connectivity index (χ0n) is 75.4. The maximum atomic E-state index is 7.51. The van der Waals surface area contributed by atoms with Crippen LogP contribution in [-0.2, 0) is 49.3 Å². The average molecular weight is 1490 g/mol. The molecule has 0 amide bonds. The summed E-state index contributed by atoms with van der Waals surface area (Å²) >= 11 is 0. The number of benzene rings is 7. The van der Waals surface area contributed by atoms with Crippen LogP contribution in [0, 0.1) is 145 Å². The fraction of sp³-hybridized carbons (Fsp3) is 0.267. The molecule has 0 aliphatic heterocycles. The summed E-state index contributed by atoms with van der Waals surface area (Å²) in [7, 11) is 14.6. The van der Waals surface area contributed by atoms with Gasteiger partial charge in [0.25, 0.3) is 0 Å². The highest BCUT2D eigenvalue weighted by Gasteiger charge is 2.22. The fourth-order valence-electron chi connectivity index (χ4n) is 15.3. The Labute approximate surface area is 678 Å². The molecule has 0 radical (unpaired) electrons. The Morgan fingerprint density at radius 3 is 0.777 bits per heavy atom. The number of pyridine rings is 7. The van der Waals surface area contributed by atoms with Crippen molar-refractivity contribution >= 4 is 0 Å². The molecule has 0 fully saturated rings. The van der Waals surface area contributed by atoms with Crippen LogP contribution in [-0.4, -0.2) is 0 Å². The monoisotopic (exact) mass is 1490 g/mol. The Balaban J connectivity index is 0.000000168. The van der Waals surface area contributed by atoms with Gasteiger partial charge in [-0.2, -0.15) is 0 Å². The second-order valence-corrected chi connectivity index (χ2v) is 30.7. The molecular formula is C105H126N7+7. The normalized spacial score (nSPS) is 11.0. The van der Waals surface area contributed by atoms with E-state index in [4.69, 9.17) is 4.11 Å². The van der Waals surface area contributed by atoms with Crippen LogP contribution in [0.25, 0.3) is 78.8 Å². The number of aryl methyl sites for hydroxylation is 24. The number of rotatable bonds is 7. The molecule has 0 atom stereocenters. The predicted molar refractivity (Wildman–Crippen MR) is 471 cm³/mol. The zero-order valence-corrected chi connectivity index (χ0v) is 72.4. The quantitative estimate of drug-likeness (QED) is 0.142. The van der Waals surface area contributed by atoms with Crippen LogP contribution in [0.1, 0.15) is 121 Å². The van der Waals surface area contributed by atoms with Crippen LogP contribution in [0.2, 0.25) is 0 Å². The zero-order chi connectivity index (χ0) is 84.4. The van der Waals surface area contributed by atoms with Crippen molar-refractivity contribution in [1.29, 1.82) is 0 Å². The smallest absolute Gasteiger partial charge is 0.201 e. The number of nitrogens with zero attached hydrogens (tertiary/aromatic N) is 7. The molecule has 7 aromatic carbocycles. The minimum Gasteiger partial charge on any atom is -0.201 e. The molecule has 0 bridgehead atoms. The van der Waals surface area contributed by atoms with Crippen molar-refractivity contribution < 1.29 is 36.1 Å². The van der Waals surface area contributed by atoms with Gasteiger partial charge < -0.3 is 0 Å². The van der Waals surface area contributed by atoms with Crippen molar-refractivity contribution in [3.8, 4) is 78.8 Å². The van der Waals surface area contributed by atoms with Crippen molar-refractivity contribution in [3.05, 3.63) is 373 Å². The van der Waals surface area contributed by atoms with Crippen LogP contribution in [0.3, 0.4) is 0 Å². The minimum absolute atomic E-state index is 0.407. The van der Waals surface area contributed by atoms with E-state index < -0.39 is 6.85 Å². The fourth-order valence-corrected chi connectivity index (χ4v) is 15.3. The van der Waals surface area contributed by atoms with Gasteiger partial charge >= 0.3 is 0 Å². The van der Waals surface area contributed by atoms with E-state index in [1.54, 1.807) is 12.1 Å². The second kappa shape index (κ2) is 39.5. The van der Waals surface area contributed by atoms with E-state index in [0.717, 1.165) is 22.4 Å². The van der Waals surface area contributed by atoms with Gasteiger partial charge in [0.2, 0.25) is 39.9 Å². The molecule has 574 valence electrons. The standard InChI is InChI=1S/7C15H18N/c2*1-11-7-5-9-14(13(11)3)15-12(2)8-6-10-16(15)4;1-11-7-8-14(13(3)10-11)15-12(2)6-5-9-16(15)4;2*1-11-8-9-12(2)15(13(11)3)14-7-5-6-10-16(14)4;2*1-11-9-12(2)15(13(3)10-11)14-7-5-6-8-16(14)4/h7*5-10H,1-4H3/q7*+1/i;;;;;1D3;. The van der Waals surface area contributed by atoms with Crippen molar-refractivity contribution in [2.45, 2.75) is 145 Å². The number of hydrogen-bond acceptors (Lipinski definition) is 0. The summed E-state index contributed by atoms with van der Waals surface area (Å²) < 4.78 is 37.7. The molecular weight excluding hydrogens is 1360 g/mol. The molecule has 7 aromatic heterocycles. The first-order valence-corrected chi connectivity index (χ1v) is 39.1. The largest absolute Gasteiger partial charge is 0.215 e. The topological polar surface area (TPSA) is 27.2 Å². The first kappa shape index (κ1) is 81.6. The lowest BCUT2D eigenvalue weighted by molar-refractivity contribution is -0.660. The summed E-state index contributed by atoms with van der Waals surface area (Å²) in [6, 6.07) is 74.2. The molecule has 14 aromatic rings. The summed E-state index contributed by atoms with van der Waals surface area (Å²) in [6.45, 7) is 41.0. The highest BCUT2D eigenvalue weighted by atomic mass is 14.9. The second-order valence-electron chi connectivity index (χ2n) is 30.7. The first-order chi connectivity index (χ1) is 54.4. The Morgan fingerprint density at radius 1 is 0.188 bits per heavy atom. The van der Waals surface area contributed by atoms with E-state index in [2.05, 4.69) is 413 Å². The number of hydrogen-bond donors (Lipinski definition) is 0. The van der Waals surface area contributed by atoms with Gasteiger partial charge in [-0.15, -0.1) is 0 Å². The molecule has 0 aliphatic carbocycles. The van der Waals surface area contributed by atoms with Crippen molar-refractivity contribution in [2.24, 2.45) is 49.3 Å². The molecule has 0 spiro atoms. The van der Waals surface area contributed by atoms with Crippen LogP contribution < -0.4 is 32.0 Å². The van der Waals surface area contributed by atoms with Gasteiger partial charge in [-0.25, -0.2) is 32.0 Å². The molecule has 0 saturated carbocycles. The van der Waals surface area contributed by atoms with Gasteiger partial charge in [0.1, 0.15) is 49.3 Å².